The fourth-order valence-corrected chi connectivity index (χ4v) is 3.61. The maximum atomic E-state index is 10.7. The van der Waals surface area contributed by atoms with Crippen LogP contribution in [0.3, 0.4) is 0 Å². The van der Waals surface area contributed by atoms with E-state index in [0.717, 1.165) is 10.5 Å². The highest BCUT2D eigenvalue weighted by molar-refractivity contribution is 8.25. The van der Waals surface area contributed by atoms with Gasteiger partial charge in [0.25, 0.3) is 0 Å². The van der Waals surface area contributed by atoms with E-state index in [4.69, 9.17) is 44.9 Å². The number of carboxylic acids is 1. The summed E-state index contributed by atoms with van der Waals surface area (Å²) < 4.78 is 6.28. The van der Waals surface area contributed by atoms with Crippen LogP contribution < -0.4 is 0 Å². The Labute approximate surface area is 165 Å². The van der Waals surface area contributed by atoms with Gasteiger partial charge < -0.3 is 14.4 Å². The van der Waals surface area contributed by atoms with Gasteiger partial charge in [-0.25, -0.2) is 0 Å². The Morgan fingerprint density at radius 2 is 2.08 bits per heavy atom. The first-order valence-electron chi connectivity index (χ1n) is 7.14. The number of thioether (sulfide) groups is 1. The van der Waals surface area contributed by atoms with Crippen LogP contribution in [0, 0.1) is 0 Å². The second kappa shape index (κ2) is 8.76. The number of carbonyl (C=O) groups is 1. The lowest BCUT2D eigenvalue weighted by Crippen LogP contribution is -2.28. The number of carboxylic acid groups (broad SMARTS) is 1. The van der Waals surface area contributed by atoms with Crippen LogP contribution in [0.15, 0.2) is 39.7 Å². The monoisotopic (exact) mass is 415 g/mol. The quantitative estimate of drug-likeness (QED) is 0.636. The number of thiocarbonyl (C=S) groups is 1. The van der Waals surface area contributed by atoms with Crippen molar-refractivity contribution >= 4 is 63.5 Å². The van der Waals surface area contributed by atoms with Gasteiger partial charge in [0.2, 0.25) is 0 Å². The van der Waals surface area contributed by atoms with Crippen LogP contribution in [0.25, 0.3) is 17.4 Å². The van der Waals surface area contributed by atoms with Gasteiger partial charge in [-0.3, -0.25) is 4.79 Å². The molecule has 0 saturated heterocycles. The first kappa shape index (κ1) is 19.8. The molecule has 0 bridgehead atoms. The van der Waals surface area contributed by atoms with Gasteiger partial charge in [-0.05, 0) is 48.2 Å². The van der Waals surface area contributed by atoms with Gasteiger partial charge in [0, 0.05) is 17.6 Å². The summed E-state index contributed by atoms with van der Waals surface area (Å²) in [6.45, 7) is 1.74. The van der Waals surface area contributed by atoms with Crippen LogP contribution in [0.4, 0.5) is 0 Å². The van der Waals surface area contributed by atoms with Gasteiger partial charge in [-0.1, -0.05) is 47.2 Å². The van der Waals surface area contributed by atoms with Crippen molar-refractivity contribution in [1.29, 1.82) is 0 Å². The lowest BCUT2D eigenvalue weighted by Gasteiger charge is -2.16. The zero-order chi connectivity index (χ0) is 18.6. The highest BCUT2D eigenvalue weighted by atomic mass is 35.5. The molecule has 8 heteroatoms. The number of furan rings is 1. The predicted octanol–water partition coefficient (Wildman–Crippen LogP) is 5.65. The van der Waals surface area contributed by atoms with Crippen molar-refractivity contribution < 1.29 is 14.3 Å². The summed E-state index contributed by atoms with van der Waals surface area (Å²) in [5.41, 5.74) is 0.757. The van der Waals surface area contributed by atoms with E-state index in [1.807, 2.05) is 25.1 Å². The first-order valence-corrected chi connectivity index (χ1v) is 9.12. The third-order valence-corrected chi connectivity index (χ3v) is 5.14. The summed E-state index contributed by atoms with van der Waals surface area (Å²) >= 11 is 18.6. The second-order valence-corrected chi connectivity index (χ2v) is 7.92. The summed E-state index contributed by atoms with van der Waals surface area (Å²) in [4.78, 5) is 13.1. The van der Waals surface area contributed by atoms with Gasteiger partial charge in [0.05, 0.1) is 5.02 Å². The standard InChI is InChI=1S/C17H15Cl2NO3S2/c1-10(25-17(24)20(2)9-16(21)22)7-12-4-6-15(23-12)13-5-3-11(18)8-14(13)19/h3-8H,9H2,1-2H3,(H,21,22)/b10-7+. The van der Waals surface area contributed by atoms with Gasteiger partial charge in [0.15, 0.2) is 0 Å². The van der Waals surface area contributed by atoms with Crippen LogP contribution in [-0.2, 0) is 4.79 Å². The van der Waals surface area contributed by atoms with Crippen LogP contribution >= 0.6 is 47.2 Å². The predicted molar refractivity (Wildman–Crippen MR) is 108 cm³/mol. The zero-order valence-electron chi connectivity index (χ0n) is 13.5. The van der Waals surface area contributed by atoms with Crippen LogP contribution in [-0.4, -0.2) is 33.9 Å². The Kier molecular flexibility index (Phi) is 6.95. The largest absolute Gasteiger partial charge is 0.480 e. The first-order chi connectivity index (χ1) is 11.8. The summed E-state index contributed by atoms with van der Waals surface area (Å²) in [5, 5.41) is 9.87. The van der Waals surface area contributed by atoms with E-state index >= 15 is 0 Å². The molecule has 4 nitrogen and oxygen atoms in total. The van der Waals surface area contributed by atoms with Gasteiger partial charge in [-0.15, -0.1) is 0 Å². The zero-order valence-corrected chi connectivity index (χ0v) is 16.6. The van der Waals surface area contributed by atoms with Crippen molar-refractivity contribution in [3.63, 3.8) is 0 Å². The average molecular weight is 416 g/mol. The van der Waals surface area contributed by atoms with E-state index < -0.39 is 5.97 Å². The minimum absolute atomic E-state index is 0.140. The van der Waals surface area contributed by atoms with Gasteiger partial charge in [-0.2, -0.15) is 0 Å². The molecule has 132 valence electrons. The molecule has 1 N–H and O–H groups in total. The number of benzene rings is 1. The molecule has 0 unspecified atom stereocenters. The van der Waals surface area contributed by atoms with Crippen molar-refractivity contribution in [2.75, 3.05) is 13.6 Å². The molecule has 0 spiro atoms. The third kappa shape index (κ3) is 5.78. The van der Waals surface area contributed by atoms with Crippen molar-refractivity contribution in [3.8, 4) is 11.3 Å². The summed E-state index contributed by atoms with van der Waals surface area (Å²) in [6.07, 6.45) is 1.83. The number of hydrogen-bond acceptors (Lipinski definition) is 4. The highest BCUT2D eigenvalue weighted by Crippen LogP contribution is 2.32. The number of nitrogens with zero attached hydrogens (tertiary/aromatic N) is 1. The number of rotatable bonds is 5. The number of likely N-dealkylation sites (N-methyl/N-ethyl adjacent to an activating group) is 1. The number of halogens is 2. The number of allylic oxidation sites excluding steroid dienone is 1. The van der Waals surface area contributed by atoms with E-state index in [9.17, 15) is 4.79 Å². The van der Waals surface area contributed by atoms with Crippen molar-refractivity contribution in [3.05, 3.63) is 51.0 Å². The second-order valence-electron chi connectivity index (χ2n) is 5.20. The minimum atomic E-state index is -0.928. The van der Waals surface area contributed by atoms with Crippen LogP contribution in [0.5, 0.6) is 0 Å². The molecule has 1 aromatic carbocycles. The van der Waals surface area contributed by atoms with Gasteiger partial charge in [0.1, 0.15) is 22.4 Å². The molecule has 0 aliphatic carbocycles. The topological polar surface area (TPSA) is 53.7 Å². The van der Waals surface area contributed by atoms with Crippen LogP contribution in [0.2, 0.25) is 10.0 Å². The molecular weight excluding hydrogens is 401 g/mol. The van der Waals surface area contributed by atoms with Crippen LogP contribution in [0.1, 0.15) is 12.7 Å². The normalized spacial score (nSPS) is 11.4. The average Bonchev–Trinajstić information content (AvgIpc) is 2.94. The van der Waals surface area contributed by atoms with Crippen molar-refractivity contribution in [2.24, 2.45) is 0 Å². The molecule has 0 aliphatic rings. The van der Waals surface area contributed by atoms with E-state index in [0.29, 0.717) is 25.9 Å². The molecule has 0 fully saturated rings. The molecule has 2 rings (SSSR count). The summed E-state index contributed by atoms with van der Waals surface area (Å²) in [5.74, 6) is 0.355. The Morgan fingerprint density at radius 3 is 2.72 bits per heavy atom. The molecule has 2 aromatic rings. The lowest BCUT2D eigenvalue weighted by molar-refractivity contribution is -0.137. The number of aliphatic carboxylic acids is 1. The minimum Gasteiger partial charge on any atom is -0.480 e. The number of hydrogen-bond donors (Lipinski definition) is 1. The smallest absolute Gasteiger partial charge is 0.323 e. The Hall–Kier alpha value is -1.47. The fourth-order valence-electron chi connectivity index (χ4n) is 1.98. The summed E-state index contributed by atoms with van der Waals surface area (Å²) in [7, 11) is 1.64. The molecule has 0 atom stereocenters. The molecule has 1 aromatic heterocycles. The molecule has 0 aliphatic heterocycles. The molecule has 25 heavy (non-hydrogen) atoms. The SMILES string of the molecule is C/C(=C\c1ccc(-c2ccc(Cl)cc2Cl)o1)SC(=S)N(C)CC(=O)O. The maximum Gasteiger partial charge on any atom is 0.323 e. The Morgan fingerprint density at radius 1 is 1.36 bits per heavy atom. The Bertz CT molecular complexity index is 833. The van der Waals surface area contributed by atoms with Crippen molar-refractivity contribution in [1.82, 2.24) is 4.90 Å². The van der Waals surface area contributed by atoms with Gasteiger partial charge >= 0.3 is 5.97 Å². The molecule has 1 heterocycles. The van der Waals surface area contributed by atoms with E-state index in [-0.39, 0.29) is 6.54 Å². The van der Waals surface area contributed by atoms with E-state index in [2.05, 4.69) is 0 Å². The molecule has 0 radical (unpaired) electrons. The highest BCUT2D eigenvalue weighted by Gasteiger charge is 2.11. The third-order valence-electron chi connectivity index (χ3n) is 3.10. The fraction of sp³-hybridized carbons (Fsp3) is 0.176. The molecular formula is C17H15Cl2NO3S2. The molecule has 0 amide bonds. The lowest BCUT2D eigenvalue weighted by atomic mass is 10.2. The van der Waals surface area contributed by atoms with E-state index in [1.54, 1.807) is 25.2 Å². The summed E-state index contributed by atoms with van der Waals surface area (Å²) in [6, 6.07) is 8.86. The Balaban J connectivity index is 2.10. The van der Waals surface area contributed by atoms with E-state index in [1.165, 1.54) is 16.7 Å². The maximum absolute atomic E-state index is 10.7. The molecule has 0 saturated carbocycles. The van der Waals surface area contributed by atoms with Crippen molar-refractivity contribution in [2.45, 2.75) is 6.92 Å².